The Morgan fingerprint density at radius 2 is 1.58 bits per heavy atom. The third kappa shape index (κ3) is 3.77. The van der Waals surface area contributed by atoms with Crippen LogP contribution in [0.4, 0.5) is 0 Å². The fraction of sp³-hybridized carbons (Fsp3) is 0.280. The lowest BCUT2D eigenvalue weighted by Crippen LogP contribution is -2.50. The number of carbonyl (C=O) groups excluding carboxylic acids is 2. The molecule has 0 unspecified atom stereocenters. The molecule has 1 aromatic carbocycles. The third-order valence-electron chi connectivity index (χ3n) is 6.04. The highest BCUT2D eigenvalue weighted by Crippen LogP contribution is 2.31. The van der Waals surface area contributed by atoms with Crippen LogP contribution in [0.1, 0.15) is 37.9 Å². The van der Waals surface area contributed by atoms with Gasteiger partial charge in [0.1, 0.15) is 11.5 Å². The quantitative estimate of drug-likeness (QED) is 0.474. The standard InChI is InChI=1S/C25H24N4O4/c1-15-13-19(17(3)32-15)21-14-20(22-16(2)27-33-23(22)26-21)25(31)29-11-9-28(10-12-29)24(30)18-7-5-4-6-8-18/h4-8,13-14H,9-12H2,1-3H3. The molecule has 5 rings (SSSR count). The number of hydrogen-bond acceptors (Lipinski definition) is 6. The van der Waals surface area contributed by atoms with Crippen LogP contribution in [0, 0.1) is 20.8 Å². The molecule has 168 valence electrons. The number of benzene rings is 1. The number of rotatable bonds is 3. The van der Waals surface area contributed by atoms with E-state index in [-0.39, 0.29) is 11.8 Å². The second-order valence-corrected chi connectivity index (χ2v) is 8.28. The molecule has 8 nitrogen and oxygen atoms in total. The molecule has 0 saturated carbocycles. The first kappa shape index (κ1) is 20.9. The van der Waals surface area contributed by atoms with Gasteiger partial charge in [0.05, 0.1) is 22.3 Å². The smallest absolute Gasteiger partial charge is 0.259 e. The molecule has 4 heterocycles. The number of piperazine rings is 1. The molecule has 1 saturated heterocycles. The molecule has 0 radical (unpaired) electrons. The lowest BCUT2D eigenvalue weighted by molar-refractivity contribution is 0.0536. The molecule has 4 aromatic rings. The second-order valence-electron chi connectivity index (χ2n) is 8.28. The Bertz CT molecular complexity index is 1350. The van der Waals surface area contributed by atoms with Crippen LogP contribution in [-0.4, -0.2) is 57.9 Å². The Hall–Kier alpha value is -3.94. The fourth-order valence-electron chi connectivity index (χ4n) is 4.33. The summed E-state index contributed by atoms with van der Waals surface area (Å²) in [6.07, 6.45) is 0. The van der Waals surface area contributed by atoms with Crippen molar-refractivity contribution in [2.45, 2.75) is 20.8 Å². The predicted molar refractivity (Wildman–Crippen MR) is 122 cm³/mol. The van der Waals surface area contributed by atoms with Crippen LogP contribution in [0.3, 0.4) is 0 Å². The highest BCUT2D eigenvalue weighted by atomic mass is 16.5. The molecule has 0 bridgehead atoms. The molecule has 2 amide bonds. The van der Waals surface area contributed by atoms with Gasteiger partial charge >= 0.3 is 0 Å². The molecule has 1 aliphatic heterocycles. The summed E-state index contributed by atoms with van der Waals surface area (Å²) in [4.78, 5) is 34.5. The van der Waals surface area contributed by atoms with Gasteiger partial charge in [0.25, 0.3) is 17.5 Å². The van der Waals surface area contributed by atoms with Crippen molar-refractivity contribution in [1.29, 1.82) is 0 Å². The van der Waals surface area contributed by atoms with Crippen molar-refractivity contribution in [3.63, 3.8) is 0 Å². The van der Waals surface area contributed by atoms with Gasteiger partial charge < -0.3 is 18.7 Å². The Labute approximate surface area is 190 Å². The van der Waals surface area contributed by atoms with Gasteiger partial charge in [-0.05, 0) is 45.0 Å². The molecule has 1 aliphatic rings. The Balaban J connectivity index is 1.42. The summed E-state index contributed by atoms with van der Waals surface area (Å²) < 4.78 is 11.1. The van der Waals surface area contributed by atoms with E-state index in [1.807, 2.05) is 50.2 Å². The molecule has 8 heteroatoms. The molecule has 0 atom stereocenters. The van der Waals surface area contributed by atoms with Gasteiger partial charge in [-0.15, -0.1) is 0 Å². The molecule has 0 N–H and O–H groups in total. The van der Waals surface area contributed by atoms with Gasteiger partial charge in [-0.3, -0.25) is 9.59 Å². The van der Waals surface area contributed by atoms with Crippen LogP contribution in [0.5, 0.6) is 0 Å². The number of amides is 2. The summed E-state index contributed by atoms with van der Waals surface area (Å²) in [6.45, 7) is 7.38. The summed E-state index contributed by atoms with van der Waals surface area (Å²) in [6, 6.07) is 12.9. The van der Waals surface area contributed by atoms with Crippen molar-refractivity contribution in [2.24, 2.45) is 0 Å². The van der Waals surface area contributed by atoms with E-state index >= 15 is 0 Å². The van der Waals surface area contributed by atoms with Gasteiger partial charge in [0.15, 0.2) is 0 Å². The summed E-state index contributed by atoms with van der Waals surface area (Å²) in [5.41, 5.74) is 3.51. The van der Waals surface area contributed by atoms with Crippen molar-refractivity contribution >= 4 is 22.9 Å². The van der Waals surface area contributed by atoms with Crippen molar-refractivity contribution < 1.29 is 18.5 Å². The Morgan fingerprint density at radius 1 is 0.909 bits per heavy atom. The maximum atomic E-state index is 13.6. The number of nitrogens with zero attached hydrogens (tertiary/aromatic N) is 4. The van der Waals surface area contributed by atoms with E-state index in [1.165, 1.54) is 0 Å². The fourth-order valence-corrected chi connectivity index (χ4v) is 4.33. The van der Waals surface area contributed by atoms with Crippen LogP contribution in [0.2, 0.25) is 0 Å². The van der Waals surface area contributed by atoms with E-state index in [0.29, 0.717) is 59.8 Å². The van der Waals surface area contributed by atoms with Crippen molar-refractivity contribution in [2.75, 3.05) is 26.2 Å². The predicted octanol–water partition coefficient (Wildman–Crippen LogP) is 4.01. The minimum Gasteiger partial charge on any atom is -0.466 e. The minimum atomic E-state index is -0.125. The maximum absolute atomic E-state index is 13.6. The molecule has 33 heavy (non-hydrogen) atoms. The zero-order valence-corrected chi connectivity index (χ0v) is 18.8. The van der Waals surface area contributed by atoms with Gasteiger partial charge in [-0.1, -0.05) is 23.4 Å². The lowest BCUT2D eigenvalue weighted by atomic mass is 10.0. The molecular formula is C25H24N4O4. The maximum Gasteiger partial charge on any atom is 0.259 e. The Kier molecular flexibility index (Phi) is 5.20. The normalized spacial score (nSPS) is 14.2. The van der Waals surface area contributed by atoms with E-state index < -0.39 is 0 Å². The number of hydrogen-bond donors (Lipinski definition) is 0. The summed E-state index contributed by atoms with van der Waals surface area (Å²) in [5.74, 6) is 1.35. The molecule has 3 aromatic heterocycles. The van der Waals surface area contributed by atoms with Crippen LogP contribution < -0.4 is 0 Å². The van der Waals surface area contributed by atoms with Gasteiger partial charge in [0, 0.05) is 37.3 Å². The number of carbonyl (C=O) groups is 2. The zero-order valence-electron chi connectivity index (χ0n) is 18.8. The number of aromatic nitrogens is 2. The van der Waals surface area contributed by atoms with E-state index in [1.54, 1.807) is 22.8 Å². The summed E-state index contributed by atoms with van der Waals surface area (Å²) in [5, 5.41) is 4.65. The van der Waals surface area contributed by atoms with Gasteiger partial charge in [-0.25, -0.2) is 4.98 Å². The monoisotopic (exact) mass is 444 g/mol. The van der Waals surface area contributed by atoms with Crippen molar-refractivity contribution in [1.82, 2.24) is 19.9 Å². The highest BCUT2D eigenvalue weighted by molar-refractivity contribution is 6.07. The van der Waals surface area contributed by atoms with Crippen LogP contribution in [0.25, 0.3) is 22.4 Å². The number of fused-ring (bicyclic) bond motifs is 1. The van der Waals surface area contributed by atoms with Crippen molar-refractivity contribution in [3.8, 4) is 11.3 Å². The van der Waals surface area contributed by atoms with E-state index in [4.69, 9.17) is 8.94 Å². The SMILES string of the molecule is Cc1cc(-c2cc(C(=O)N3CCN(C(=O)c4ccccc4)CC3)c3c(C)noc3n2)c(C)o1. The van der Waals surface area contributed by atoms with Crippen LogP contribution in [0.15, 0.2) is 51.4 Å². The minimum absolute atomic E-state index is 0.0167. The molecule has 1 fully saturated rings. The van der Waals surface area contributed by atoms with Crippen LogP contribution in [-0.2, 0) is 0 Å². The molecule has 0 aliphatic carbocycles. The first-order valence-electron chi connectivity index (χ1n) is 10.9. The van der Waals surface area contributed by atoms with Crippen molar-refractivity contribution in [3.05, 3.63) is 70.8 Å². The first-order valence-corrected chi connectivity index (χ1v) is 10.9. The zero-order chi connectivity index (χ0) is 23.1. The first-order chi connectivity index (χ1) is 15.9. The average Bonchev–Trinajstić information content (AvgIpc) is 3.39. The largest absolute Gasteiger partial charge is 0.466 e. The van der Waals surface area contributed by atoms with E-state index in [2.05, 4.69) is 10.1 Å². The Morgan fingerprint density at radius 3 is 2.21 bits per heavy atom. The topological polar surface area (TPSA) is 92.7 Å². The van der Waals surface area contributed by atoms with E-state index in [9.17, 15) is 9.59 Å². The highest BCUT2D eigenvalue weighted by Gasteiger charge is 2.28. The molecule has 0 spiro atoms. The summed E-state index contributed by atoms with van der Waals surface area (Å²) in [7, 11) is 0. The van der Waals surface area contributed by atoms with Gasteiger partial charge in [0.2, 0.25) is 0 Å². The van der Waals surface area contributed by atoms with Crippen LogP contribution >= 0.6 is 0 Å². The number of aryl methyl sites for hydroxylation is 3. The number of furan rings is 1. The average molecular weight is 444 g/mol. The number of pyridine rings is 1. The third-order valence-corrected chi connectivity index (χ3v) is 6.04. The van der Waals surface area contributed by atoms with E-state index in [0.717, 1.165) is 17.1 Å². The second kappa shape index (κ2) is 8.20. The molecular weight excluding hydrogens is 420 g/mol. The lowest BCUT2D eigenvalue weighted by Gasteiger charge is -2.35. The van der Waals surface area contributed by atoms with Gasteiger partial charge in [-0.2, -0.15) is 0 Å². The summed E-state index contributed by atoms with van der Waals surface area (Å²) >= 11 is 0.